The van der Waals surface area contributed by atoms with E-state index < -0.39 is 61.3 Å². The molecule has 0 radical (unpaired) electrons. The van der Waals surface area contributed by atoms with Crippen molar-refractivity contribution in [2.45, 2.75) is 18.3 Å². The van der Waals surface area contributed by atoms with E-state index in [0.29, 0.717) is 16.6 Å². The van der Waals surface area contributed by atoms with Gasteiger partial charge in [0, 0.05) is 15.7 Å². The molecule has 0 amide bonds. The van der Waals surface area contributed by atoms with Crippen LogP contribution >= 0.6 is 22.6 Å². The van der Waals surface area contributed by atoms with Crippen molar-refractivity contribution in [3.05, 3.63) is 97.1 Å². The van der Waals surface area contributed by atoms with Crippen LogP contribution < -0.4 is 9.47 Å². The fourth-order valence-corrected chi connectivity index (χ4v) is 3.98. The summed E-state index contributed by atoms with van der Waals surface area (Å²) < 4.78 is 73.6. The number of hydrogen-bond acceptors (Lipinski definition) is 10. The van der Waals surface area contributed by atoms with E-state index in [4.69, 9.17) is 14.0 Å². The van der Waals surface area contributed by atoms with Gasteiger partial charge in [0.15, 0.2) is 6.10 Å². The van der Waals surface area contributed by atoms with Crippen molar-refractivity contribution in [2.75, 3.05) is 0 Å². The lowest BCUT2D eigenvalue weighted by atomic mass is 10.1. The Morgan fingerprint density at radius 3 is 2.20 bits per heavy atom. The summed E-state index contributed by atoms with van der Waals surface area (Å²) >= 11 is 1.91. The Bertz CT molecular complexity index is 1600. The lowest BCUT2D eigenvalue weighted by molar-refractivity contribution is -0.385. The van der Waals surface area contributed by atoms with Gasteiger partial charge in [-0.05, 0) is 65.9 Å². The lowest BCUT2D eigenvalue weighted by Gasteiger charge is -2.20. The van der Waals surface area contributed by atoms with Gasteiger partial charge in [0.1, 0.15) is 22.6 Å². The van der Waals surface area contributed by atoms with Crippen molar-refractivity contribution in [1.82, 2.24) is 0 Å². The highest BCUT2D eigenvalue weighted by Crippen LogP contribution is 2.31. The second-order valence-electron chi connectivity index (χ2n) is 7.81. The van der Waals surface area contributed by atoms with Crippen LogP contribution in [0, 0.1) is 13.7 Å². The number of ether oxygens (including phenoxy) is 3. The fraction of sp³-hybridized carbons (Fsp3) is 0.125. The zero-order valence-electron chi connectivity index (χ0n) is 19.9. The molecule has 0 aliphatic carbocycles. The van der Waals surface area contributed by atoms with Crippen molar-refractivity contribution in [2.24, 2.45) is 0 Å². The molecular formula is C24H16F2INO11S. The highest BCUT2D eigenvalue weighted by Gasteiger charge is 2.52. The Labute approximate surface area is 237 Å². The molecule has 3 rings (SSSR count). The third kappa shape index (κ3) is 6.93. The number of alkyl halides is 2. The number of halogens is 3. The number of carbonyl (C=O) groups excluding carboxylic acids is 3. The molecule has 16 heteroatoms. The molecule has 0 fully saturated rings. The molecule has 12 nitrogen and oxygen atoms in total. The van der Waals surface area contributed by atoms with Crippen molar-refractivity contribution in [3.8, 4) is 11.5 Å². The van der Waals surface area contributed by atoms with Gasteiger partial charge in [-0.15, -0.1) is 0 Å². The number of benzene rings is 3. The van der Waals surface area contributed by atoms with E-state index in [9.17, 15) is 41.7 Å². The molecule has 3 aromatic carbocycles. The number of nitro benzene ring substituents is 1. The van der Waals surface area contributed by atoms with Crippen LogP contribution in [0.2, 0.25) is 0 Å². The van der Waals surface area contributed by atoms with Gasteiger partial charge in [-0.2, -0.15) is 17.2 Å². The van der Waals surface area contributed by atoms with E-state index in [1.165, 1.54) is 30.3 Å². The summed E-state index contributed by atoms with van der Waals surface area (Å²) in [5.74, 6) is -4.34. The molecule has 210 valence electrons. The number of esters is 3. The fourth-order valence-electron chi connectivity index (χ4n) is 3.05. The first-order chi connectivity index (χ1) is 18.6. The van der Waals surface area contributed by atoms with Crippen molar-refractivity contribution in [1.29, 1.82) is 0 Å². The minimum absolute atomic E-state index is 0.187. The van der Waals surface area contributed by atoms with Crippen LogP contribution in [0.3, 0.4) is 0 Å². The first-order valence-electron chi connectivity index (χ1n) is 10.7. The van der Waals surface area contributed by atoms with Crippen LogP contribution in [0.15, 0.2) is 66.7 Å². The summed E-state index contributed by atoms with van der Waals surface area (Å²) in [4.78, 5) is 48.2. The number of hydrogen-bond donors (Lipinski definition) is 1. The maximum Gasteiger partial charge on any atom is 0.405 e. The SMILES string of the molecule is CC(OC(=O)c1cc(OC(=O)c2ccc(I)cc2OC(=O)c2ccccc2)ccc1[N+](=O)[O-])C(F)(F)S(=O)(=O)O. The molecular weight excluding hydrogens is 675 g/mol. The van der Waals surface area contributed by atoms with Gasteiger partial charge in [0.25, 0.3) is 5.69 Å². The molecule has 40 heavy (non-hydrogen) atoms. The summed E-state index contributed by atoms with van der Waals surface area (Å²) in [6.07, 6.45) is -2.76. The Kier molecular flexibility index (Phi) is 9.16. The predicted molar refractivity (Wildman–Crippen MR) is 140 cm³/mol. The Hall–Kier alpha value is -4.03. The summed E-state index contributed by atoms with van der Waals surface area (Å²) in [6, 6.07) is 14.3. The molecule has 0 aromatic heterocycles. The first-order valence-corrected chi connectivity index (χ1v) is 13.3. The standard InChI is InChI=1S/C24H16F2INO11S/c1-13(24(25,26)40(34,35)36)37-23(31)18-12-16(8-10-19(18)28(32)33)38-22(30)17-9-7-15(27)11-20(17)39-21(29)14-5-3-2-4-6-14/h2-13H,1H3,(H,34,35,36). The Balaban J connectivity index is 1.90. The van der Waals surface area contributed by atoms with E-state index in [1.807, 2.05) is 22.6 Å². The summed E-state index contributed by atoms with van der Waals surface area (Å²) in [6.45, 7) is 0.441. The molecule has 1 atom stereocenters. The molecule has 0 aliphatic heterocycles. The third-order valence-electron chi connectivity index (χ3n) is 5.07. The van der Waals surface area contributed by atoms with Gasteiger partial charge in [0.05, 0.1) is 10.5 Å². The summed E-state index contributed by atoms with van der Waals surface area (Å²) in [7, 11) is -5.99. The highest BCUT2D eigenvalue weighted by molar-refractivity contribution is 14.1. The summed E-state index contributed by atoms with van der Waals surface area (Å²) in [5.41, 5.74) is -1.97. The van der Waals surface area contributed by atoms with E-state index in [-0.39, 0.29) is 16.9 Å². The number of nitrogens with zero attached hydrogens (tertiary/aromatic N) is 1. The number of carbonyl (C=O) groups is 3. The molecule has 0 saturated heterocycles. The molecule has 0 spiro atoms. The molecule has 3 aromatic rings. The van der Waals surface area contributed by atoms with Crippen LogP contribution in [-0.4, -0.2) is 47.2 Å². The van der Waals surface area contributed by atoms with Crippen molar-refractivity contribution in [3.63, 3.8) is 0 Å². The zero-order chi connectivity index (χ0) is 29.8. The van der Waals surface area contributed by atoms with Gasteiger partial charge < -0.3 is 14.2 Å². The second kappa shape index (κ2) is 12.0. The van der Waals surface area contributed by atoms with Crippen molar-refractivity contribution >= 4 is 56.3 Å². The number of rotatable bonds is 9. The maximum atomic E-state index is 13.8. The van der Waals surface area contributed by atoms with E-state index in [1.54, 1.807) is 18.2 Å². The average molecular weight is 691 g/mol. The zero-order valence-corrected chi connectivity index (χ0v) is 22.9. The molecule has 0 saturated carbocycles. The topological polar surface area (TPSA) is 176 Å². The predicted octanol–water partition coefficient (Wildman–Crippen LogP) is 4.66. The van der Waals surface area contributed by atoms with Crippen molar-refractivity contribution < 1.29 is 55.3 Å². The quantitative estimate of drug-likeness (QED) is 0.0825. The third-order valence-corrected chi connectivity index (χ3v) is 6.76. The average Bonchev–Trinajstić information content (AvgIpc) is 2.88. The Morgan fingerprint density at radius 1 is 0.950 bits per heavy atom. The highest BCUT2D eigenvalue weighted by atomic mass is 127. The van der Waals surface area contributed by atoms with Crippen LogP contribution in [0.25, 0.3) is 0 Å². The second-order valence-corrected chi connectivity index (χ2v) is 10.5. The van der Waals surface area contributed by atoms with Crippen LogP contribution in [0.1, 0.15) is 38.0 Å². The smallest absolute Gasteiger partial charge is 0.405 e. The Morgan fingerprint density at radius 2 is 1.60 bits per heavy atom. The first kappa shape index (κ1) is 30.5. The molecule has 1 unspecified atom stereocenters. The normalized spacial score (nSPS) is 12.2. The van der Waals surface area contributed by atoms with Gasteiger partial charge in [-0.25, -0.2) is 14.4 Å². The molecule has 0 aliphatic rings. The largest absolute Gasteiger partial charge is 0.451 e. The van der Waals surface area contributed by atoms with Gasteiger partial charge in [-0.3, -0.25) is 14.7 Å². The van der Waals surface area contributed by atoms with E-state index in [2.05, 4.69) is 4.74 Å². The molecule has 0 heterocycles. The minimum Gasteiger partial charge on any atom is -0.451 e. The maximum absolute atomic E-state index is 13.8. The van der Waals surface area contributed by atoms with Gasteiger partial charge in [-0.1, -0.05) is 18.2 Å². The molecule has 0 bridgehead atoms. The number of nitro groups is 1. The monoisotopic (exact) mass is 691 g/mol. The molecule has 1 N–H and O–H groups in total. The van der Waals surface area contributed by atoms with E-state index >= 15 is 0 Å². The lowest BCUT2D eigenvalue weighted by Crippen LogP contribution is -2.42. The van der Waals surface area contributed by atoms with Crippen LogP contribution in [-0.2, 0) is 14.9 Å². The van der Waals surface area contributed by atoms with E-state index in [0.717, 1.165) is 12.1 Å². The van der Waals surface area contributed by atoms with Gasteiger partial charge >= 0.3 is 33.3 Å². The van der Waals surface area contributed by atoms with Gasteiger partial charge in [0.2, 0.25) is 0 Å². The van der Waals surface area contributed by atoms with Crippen LogP contribution in [0.4, 0.5) is 14.5 Å². The summed E-state index contributed by atoms with van der Waals surface area (Å²) in [5, 5.41) is 6.45. The minimum atomic E-state index is -5.99. The van der Waals surface area contributed by atoms with Crippen LogP contribution in [0.5, 0.6) is 11.5 Å².